The highest BCUT2D eigenvalue weighted by molar-refractivity contribution is 5.71. The zero-order chi connectivity index (χ0) is 10.3. The van der Waals surface area contributed by atoms with Crippen molar-refractivity contribution in [2.45, 2.75) is 45.2 Å². The first-order valence-electron chi connectivity index (χ1n) is 5.02. The van der Waals surface area contributed by atoms with Crippen LogP contribution >= 0.6 is 0 Å². The maximum Gasteiger partial charge on any atom is 0.308 e. The molecule has 0 bridgehead atoms. The Bertz CT molecular complexity index is 251. The molecule has 4 nitrogen and oxygen atoms in total. The molecule has 0 amide bonds. The van der Waals surface area contributed by atoms with E-state index in [1.54, 1.807) is 0 Å². The van der Waals surface area contributed by atoms with Gasteiger partial charge in [-0.25, -0.2) is 0 Å². The highest BCUT2D eigenvalue weighted by Crippen LogP contribution is 2.37. The molecule has 2 aliphatic heterocycles. The van der Waals surface area contributed by atoms with Gasteiger partial charge in [-0.05, 0) is 6.92 Å². The fraction of sp³-hybridized carbons (Fsp3) is 0.900. The quantitative estimate of drug-likeness (QED) is 0.594. The van der Waals surface area contributed by atoms with E-state index in [1.165, 1.54) is 0 Å². The molecule has 2 fully saturated rings. The summed E-state index contributed by atoms with van der Waals surface area (Å²) in [5.41, 5.74) is 0. The summed E-state index contributed by atoms with van der Waals surface area (Å²) in [6, 6.07) is 0. The molecule has 1 unspecified atom stereocenters. The number of fused-ring (bicyclic) bond motifs is 1. The smallest absolute Gasteiger partial charge is 0.308 e. The van der Waals surface area contributed by atoms with Gasteiger partial charge in [0, 0.05) is 5.92 Å². The maximum atomic E-state index is 11.0. The molecule has 0 N–H and O–H groups in total. The Hall–Kier alpha value is -0.610. The summed E-state index contributed by atoms with van der Waals surface area (Å²) in [5, 5.41) is 0. The molecule has 0 spiro atoms. The van der Waals surface area contributed by atoms with E-state index in [9.17, 15) is 4.79 Å². The monoisotopic (exact) mass is 200 g/mol. The summed E-state index contributed by atoms with van der Waals surface area (Å²) in [7, 11) is 0. The van der Waals surface area contributed by atoms with Gasteiger partial charge >= 0.3 is 5.97 Å². The molecular formula is C10H16O4. The van der Waals surface area contributed by atoms with E-state index >= 15 is 0 Å². The Labute approximate surface area is 83.5 Å². The minimum absolute atomic E-state index is 0.0832. The molecule has 0 aliphatic carbocycles. The van der Waals surface area contributed by atoms with Crippen LogP contribution in [0, 0.1) is 5.92 Å². The largest absolute Gasteiger partial charge is 0.463 e. The molecule has 80 valence electrons. The maximum absolute atomic E-state index is 11.0. The SMILES string of the molecule is CC(C)C1(C)O[C@H]2COC(=O)C[C@H]2O1. The molecule has 4 heteroatoms. The van der Waals surface area contributed by atoms with E-state index in [4.69, 9.17) is 14.2 Å². The molecular weight excluding hydrogens is 184 g/mol. The van der Waals surface area contributed by atoms with E-state index in [0.29, 0.717) is 13.0 Å². The number of carbonyl (C=O) groups excluding carboxylic acids is 1. The number of esters is 1. The van der Waals surface area contributed by atoms with E-state index in [-0.39, 0.29) is 24.1 Å². The topological polar surface area (TPSA) is 44.8 Å². The van der Waals surface area contributed by atoms with Gasteiger partial charge in [0.2, 0.25) is 0 Å². The second-order valence-electron chi connectivity index (χ2n) is 4.37. The minimum Gasteiger partial charge on any atom is -0.463 e. The minimum atomic E-state index is -0.566. The second-order valence-corrected chi connectivity index (χ2v) is 4.37. The van der Waals surface area contributed by atoms with Gasteiger partial charge < -0.3 is 14.2 Å². The first-order valence-corrected chi connectivity index (χ1v) is 5.02. The van der Waals surface area contributed by atoms with Gasteiger partial charge in [0.15, 0.2) is 5.79 Å². The van der Waals surface area contributed by atoms with Crippen LogP contribution in [0.4, 0.5) is 0 Å². The molecule has 14 heavy (non-hydrogen) atoms. The van der Waals surface area contributed by atoms with Crippen LogP contribution in [0.15, 0.2) is 0 Å². The van der Waals surface area contributed by atoms with Crippen LogP contribution in [0.3, 0.4) is 0 Å². The van der Waals surface area contributed by atoms with Crippen molar-refractivity contribution in [1.29, 1.82) is 0 Å². The molecule has 0 aromatic heterocycles. The molecule has 0 aromatic rings. The summed E-state index contributed by atoms with van der Waals surface area (Å²) < 4.78 is 16.4. The van der Waals surface area contributed by atoms with Crippen molar-refractivity contribution < 1.29 is 19.0 Å². The summed E-state index contributed by atoms with van der Waals surface area (Å²) >= 11 is 0. The molecule has 2 rings (SSSR count). The zero-order valence-electron chi connectivity index (χ0n) is 8.78. The van der Waals surface area contributed by atoms with Crippen molar-refractivity contribution in [2.75, 3.05) is 6.61 Å². The summed E-state index contributed by atoms with van der Waals surface area (Å²) in [6.45, 7) is 6.33. The normalized spacial score (nSPS) is 42.4. The Kier molecular flexibility index (Phi) is 2.27. The van der Waals surface area contributed by atoms with Crippen LogP contribution in [0.5, 0.6) is 0 Å². The van der Waals surface area contributed by atoms with Gasteiger partial charge in [-0.1, -0.05) is 13.8 Å². The van der Waals surface area contributed by atoms with Gasteiger partial charge in [0.1, 0.15) is 18.8 Å². The summed E-state index contributed by atoms with van der Waals surface area (Å²) in [6.07, 6.45) is 0.108. The predicted molar refractivity (Wildman–Crippen MR) is 48.6 cm³/mol. The van der Waals surface area contributed by atoms with Crippen molar-refractivity contribution in [3.8, 4) is 0 Å². The number of carbonyl (C=O) groups is 1. The molecule has 3 atom stereocenters. The van der Waals surface area contributed by atoms with Crippen LogP contribution in [-0.4, -0.2) is 30.6 Å². The number of hydrogen-bond donors (Lipinski definition) is 0. The lowest BCUT2D eigenvalue weighted by molar-refractivity contribution is -0.190. The summed E-state index contributed by atoms with van der Waals surface area (Å²) in [4.78, 5) is 11.0. The Morgan fingerprint density at radius 2 is 2.00 bits per heavy atom. The van der Waals surface area contributed by atoms with Crippen molar-refractivity contribution >= 4 is 5.97 Å². The molecule has 2 saturated heterocycles. The van der Waals surface area contributed by atoms with Gasteiger partial charge in [-0.3, -0.25) is 4.79 Å². The van der Waals surface area contributed by atoms with Crippen molar-refractivity contribution in [3.05, 3.63) is 0 Å². The van der Waals surface area contributed by atoms with Crippen LogP contribution in [-0.2, 0) is 19.0 Å². The highest BCUT2D eigenvalue weighted by Gasteiger charge is 2.49. The predicted octanol–water partition coefficient (Wildman–Crippen LogP) is 1.09. The number of ether oxygens (including phenoxy) is 3. The fourth-order valence-electron chi connectivity index (χ4n) is 1.77. The molecule has 0 radical (unpaired) electrons. The van der Waals surface area contributed by atoms with E-state index in [2.05, 4.69) is 0 Å². The van der Waals surface area contributed by atoms with Crippen LogP contribution < -0.4 is 0 Å². The van der Waals surface area contributed by atoms with Gasteiger partial charge in [-0.15, -0.1) is 0 Å². The van der Waals surface area contributed by atoms with E-state index in [0.717, 1.165) is 0 Å². The van der Waals surface area contributed by atoms with Gasteiger partial charge in [0.25, 0.3) is 0 Å². The number of cyclic esters (lactones) is 1. The average Bonchev–Trinajstić information content (AvgIpc) is 2.42. The molecule has 0 saturated carbocycles. The van der Waals surface area contributed by atoms with Gasteiger partial charge in [0.05, 0.1) is 6.42 Å². The van der Waals surface area contributed by atoms with Crippen LogP contribution in [0.2, 0.25) is 0 Å². The Morgan fingerprint density at radius 3 is 2.64 bits per heavy atom. The first-order chi connectivity index (χ1) is 6.51. The number of rotatable bonds is 1. The van der Waals surface area contributed by atoms with Crippen LogP contribution in [0.25, 0.3) is 0 Å². The first kappa shape index (κ1) is 9.93. The third kappa shape index (κ3) is 1.53. The number of hydrogen-bond acceptors (Lipinski definition) is 4. The second kappa shape index (κ2) is 3.21. The lowest BCUT2D eigenvalue weighted by Crippen LogP contribution is -2.36. The highest BCUT2D eigenvalue weighted by atomic mass is 16.8. The fourth-order valence-corrected chi connectivity index (χ4v) is 1.77. The lowest BCUT2D eigenvalue weighted by Gasteiger charge is -2.27. The molecule has 0 aromatic carbocycles. The third-order valence-corrected chi connectivity index (χ3v) is 3.01. The zero-order valence-corrected chi connectivity index (χ0v) is 8.78. The lowest BCUT2D eigenvalue weighted by atomic mass is 10.1. The van der Waals surface area contributed by atoms with Crippen molar-refractivity contribution in [2.24, 2.45) is 5.92 Å². The molecule has 2 heterocycles. The Balaban J connectivity index is 2.08. The third-order valence-electron chi connectivity index (χ3n) is 3.01. The summed E-state index contributed by atoms with van der Waals surface area (Å²) in [5.74, 6) is -0.491. The van der Waals surface area contributed by atoms with E-state index in [1.807, 2.05) is 20.8 Å². The van der Waals surface area contributed by atoms with Crippen molar-refractivity contribution in [1.82, 2.24) is 0 Å². The molecule has 2 aliphatic rings. The standard InChI is InChI=1S/C10H16O4/c1-6(2)10(3)13-7-4-9(11)12-5-8(7)14-10/h6-8H,4-5H2,1-3H3/t7-,8+,10?/m1/s1. The van der Waals surface area contributed by atoms with Crippen molar-refractivity contribution in [3.63, 3.8) is 0 Å². The van der Waals surface area contributed by atoms with Crippen LogP contribution in [0.1, 0.15) is 27.2 Å². The average molecular weight is 200 g/mol. The van der Waals surface area contributed by atoms with Gasteiger partial charge in [-0.2, -0.15) is 0 Å². The Morgan fingerprint density at radius 1 is 1.36 bits per heavy atom. The van der Waals surface area contributed by atoms with E-state index < -0.39 is 5.79 Å².